The topological polar surface area (TPSA) is 81.9 Å². The van der Waals surface area contributed by atoms with Crippen molar-refractivity contribution in [1.29, 1.82) is 0 Å². The summed E-state index contributed by atoms with van der Waals surface area (Å²) >= 11 is 3.39. The van der Waals surface area contributed by atoms with Crippen LogP contribution in [0.25, 0.3) is 5.82 Å². The number of carbonyl (C=O) groups excluding carboxylic acids is 1. The Labute approximate surface area is 169 Å². The highest BCUT2D eigenvalue weighted by molar-refractivity contribution is 9.10. The van der Waals surface area contributed by atoms with Crippen molar-refractivity contribution in [2.24, 2.45) is 0 Å². The Bertz CT molecular complexity index is 1080. The molecule has 4 rings (SSSR count). The summed E-state index contributed by atoms with van der Waals surface area (Å²) in [7, 11) is 0. The van der Waals surface area contributed by atoms with E-state index >= 15 is 0 Å². The first kappa shape index (κ1) is 17.9. The van der Waals surface area contributed by atoms with Crippen molar-refractivity contribution < 1.29 is 9.53 Å². The molecule has 1 amide bonds. The molecule has 0 unspecified atom stereocenters. The number of anilines is 1. The lowest BCUT2D eigenvalue weighted by Gasteiger charge is -2.08. The molecule has 3 aromatic heterocycles. The number of amides is 1. The van der Waals surface area contributed by atoms with Crippen LogP contribution in [0.15, 0.2) is 84.1 Å². The van der Waals surface area contributed by atoms with Gasteiger partial charge >= 0.3 is 0 Å². The summed E-state index contributed by atoms with van der Waals surface area (Å²) in [5.74, 6) is 1.52. The molecule has 0 saturated carbocycles. The summed E-state index contributed by atoms with van der Waals surface area (Å²) in [6, 6.07) is 14.3. The molecule has 1 aromatic carbocycles. The number of aromatic nitrogens is 4. The third-order valence-electron chi connectivity index (χ3n) is 3.79. The van der Waals surface area contributed by atoms with Crippen LogP contribution in [-0.2, 0) is 0 Å². The Morgan fingerprint density at radius 1 is 1.07 bits per heavy atom. The first-order valence-corrected chi connectivity index (χ1v) is 9.12. The number of hydrogen-bond donors (Lipinski definition) is 1. The number of hydrogen-bond acceptors (Lipinski definition) is 5. The van der Waals surface area contributed by atoms with Crippen molar-refractivity contribution in [3.63, 3.8) is 0 Å². The van der Waals surface area contributed by atoms with Crippen LogP contribution in [0.4, 0.5) is 5.69 Å². The van der Waals surface area contributed by atoms with Crippen LogP contribution in [0.3, 0.4) is 0 Å². The molecule has 0 aliphatic heterocycles. The number of carbonyl (C=O) groups is 1. The average Bonchev–Trinajstić information content (AvgIpc) is 3.24. The predicted octanol–water partition coefficient (Wildman–Crippen LogP) is 4.47. The fraction of sp³-hybridized carbons (Fsp3) is 0. The minimum Gasteiger partial charge on any atom is -0.439 e. The van der Waals surface area contributed by atoms with E-state index in [4.69, 9.17) is 4.74 Å². The zero-order valence-corrected chi connectivity index (χ0v) is 16.1. The van der Waals surface area contributed by atoms with Crippen molar-refractivity contribution in [2.75, 3.05) is 5.32 Å². The van der Waals surface area contributed by atoms with E-state index in [0.717, 1.165) is 4.47 Å². The average molecular weight is 436 g/mol. The largest absolute Gasteiger partial charge is 0.439 e. The van der Waals surface area contributed by atoms with Crippen LogP contribution in [0.1, 0.15) is 10.4 Å². The predicted molar refractivity (Wildman–Crippen MR) is 108 cm³/mol. The molecule has 1 N–H and O–H groups in total. The van der Waals surface area contributed by atoms with Gasteiger partial charge in [0, 0.05) is 29.1 Å². The van der Waals surface area contributed by atoms with Crippen molar-refractivity contribution in [1.82, 2.24) is 19.5 Å². The Morgan fingerprint density at radius 2 is 2.00 bits per heavy atom. The van der Waals surface area contributed by atoms with E-state index in [0.29, 0.717) is 28.7 Å². The van der Waals surface area contributed by atoms with Gasteiger partial charge in [-0.2, -0.15) is 0 Å². The normalized spacial score (nSPS) is 10.5. The minimum absolute atomic E-state index is 0.271. The van der Waals surface area contributed by atoms with Crippen LogP contribution in [0.2, 0.25) is 0 Å². The summed E-state index contributed by atoms with van der Waals surface area (Å²) in [4.78, 5) is 24.9. The first-order valence-electron chi connectivity index (χ1n) is 8.32. The van der Waals surface area contributed by atoms with Crippen LogP contribution in [0.5, 0.6) is 11.6 Å². The summed E-state index contributed by atoms with van der Waals surface area (Å²) < 4.78 is 8.36. The molecule has 0 aliphatic carbocycles. The van der Waals surface area contributed by atoms with Crippen molar-refractivity contribution >= 4 is 27.5 Å². The van der Waals surface area contributed by atoms with Gasteiger partial charge in [0.15, 0.2) is 0 Å². The van der Waals surface area contributed by atoms with Crippen LogP contribution in [-0.4, -0.2) is 25.4 Å². The summed E-state index contributed by atoms with van der Waals surface area (Å²) in [5, 5.41) is 2.79. The van der Waals surface area contributed by atoms with Gasteiger partial charge in [-0.3, -0.25) is 9.36 Å². The number of rotatable bonds is 5. The second-order valence-corrected chi connectivity index (χ2v) is 6.69. The van der Waals surface area contributed by atoms with Crippen LogP contribution in [0, 0.1) is 0 Å². The SMILES string of the molecule is O=C(Nc1ccc(Oc2cccc(Br)c2)nc1)c1ccc(-n2ccnc2)nc1. The smallest absolute Gasteiger partial charge is 0.257 e. The van der Waals surface area contributed by atoms with Gasteiger partial charge in [0.1, 0.15) is 17.9 Å². The summed E-state index contributed by atoms with van der Waals surface area (Å²) in [6.07, 6.45) is 8.15. The molecule has 0 fully saturated rings. The highest BCUT2D eigenvalue weighted by atomic mass is 79.9. The molecule has 0 saturated heterocycles. The van der Waals surface area contributed by atoms with E-state index in [1.165, 1.54) is 6.20 Å². The quantitative estimate of drug-likeness (QED) is 0.499. The molecule has 4 aromatic rings. The Kier molecular flexibility index (Phi) is 5.11. The molecular formula is C20H14BrN5O2. The highest BCUT2D eigenvalue weighted by Crippen LogP contribution is 2.23. The number of benzene rings is 1. The number of imidazole rings is 1. The lowest BCUT2D eigenvalue weighted by atomic mass is 10.2. The zero-order chi connectivity index (χ0) is 19.3. The van der Waals surface area contributed by atoms with E-state index in [1.54, 1.807) is 53.8 Å². The Hall–Kier alpha value is -3.52. The van der Waals surface area contributed by atoms with Gasteiger partial charge in [-0.25, -0.2) is 15.0 Å². The van der Waals surface area contributed by atoms with Gasteiger partial charge < -0.3 is 10.1 Å². The van der Waals surface area contributed by atoms with Crippen LogP contribution >= 0.6 is 15.9 Å². The second kappa shape index (κ2) is 8.01. The summed E-state index contributed by atoms with van der Waals surface area (Å²) in [6.45, 7) is 0. The number of nitrogens with zero attached hydrogens (tertiary/aromatic N) is 4. The van der Waals surface area contributed by atoms with E-state index < -0.39 is 0 Å². The molecule has 0 aliphatic rings. The Morgan fingerprint density at radius 3 is 2.68 bits per heavy atom. The molecular weight excluding hydrogens is 422 g/mol. The maximum Gasteiger partial charge on any atom is 0.257 e. The summed E-state index contributed by atoms with van der Waals surface area (Å²) in [5.41, 5.74) is 1.00. The minimum atomic E-state index is -0.271. The standard InChI is InChI=1S/C20H14BrN5O2/c21-15-2-1-3-17(10-15)28-19-7-5-16(12-24-19)25-20(27)14-4-6-18(23-11-14)26-9-8-22-13-26/h1-13H,(H,25,27). The molecule has 7 nitrogen and oxygen atoms in total. The van der Waals surface area contributed by atoms with E-state index in [9.17, 15) is 4.79 Å². The molecule has 0 atom stereocenters. The molecule has 8 heteroatoms. The second-order valence-electron chi connectivity index (χ2n) is 5.77. The fourth-order valence-electron chi connectivity index (χ4n) is 2.44. The van der Waals surface area contributed by atoms with Crippen molar-refractivity contribution in [3.8, 4) is 17.4 Å². The van der Waals surface area contributed by atoms with Gasteiger partial charge in [-0.05, 0) is 36.4 Å². The number of pyridine rings is 2. The van der Waals surface area contributed by atoms with Gasteiger partial charge in [-0.1, -0.05) is 22.0 Å². The molecule has 3 heterocycles. The van der Waals surface area contributed by atoms with E-state index in [-0.39, 0.29) is 5.91 Å². The fourth-order valence-corrected chi connectivity index (χ4v) is 2.82. The monoisotopic (exact) mass is 435 g/mol. The van der Waals surface area contributed by atoms with E-state index in [2.05, 4.69) is 36.2 Å². The maximum absolute atomic E-state index is 12.4. The van der Waals surface area contributed by atoms with Gasteiger partial charge in [-0.15, -0.1) is 0 Å². The Balaban J connectivity index is 1.40. The maximum atomic E-state index is 12.4. The lowest BCUT2D eigenvalue weighted by molar-refractivity contribution is 0.102. The number of ether oxygens (including phenoxy) is 1. The van der Waals surface area contributed by atoms with Gasteiger partial charge in [0.05, 0.1) is 17.4 Å². The van der Waals surface area contributed by atoms with Gasteiger partial charge in [0.25, 0.3) is 5.91 Å². The van der Waals surface area contributed by atoms with Crippen molar-refractivity contribution in [2.45, 2.75) is 0 Å². The number of halogens is 1. The third-order valence-corrected chi connectivity index (χ3v) is 4.28. The number of nitrogens with one attached hydrogen (secondary N) is 1. The zero-order valence-electron chi connectivity index (χ0n) is 14.5. The molecule has 0 spiro atoms. The van der Waals surface area contributed by atoms with E-state index in [1.807, 2.05) is 24.3 Å². The molecule has 138 valence electrons. The molecule has 0 radical (unpaired) electrons. The molecule has 0 bridgehead atoms. The van der Waals surface area contributed by atoms with Crippen LogP contribution < -0.4 is 10.1 Å². The lowest BCUT2D eigenvalue weighted by Crippen LogP contribution is -2.12. The third kappa shape index (κ3) is 4.24. The highest BCUT2D eigenvalue weighted by Gasteiger charge is 2.08. The van der Waals surface area contributed by atoms with Gasteiger partial charge in [0.2, 0.25) is 5.88 Å². The van der Waals surface area contributed by atoms with Crippen molar-refractivity contribution in [3.05, 3.63) is 89.7 Å². The first-order chi connectivity index (χ1) is 13.7. The molecule has 28 heavy (non-hydrogen) atoms.